The van der Waals surface area contributed by atoms with E-state index in [2.05, 4.69) is 24.4 Å². The molecule has 12 heavy (non-hydrogen) atoms. The lowest BCUT2D eigenvalue weighted by molar-refractivity contribution is 0.657. The third-order valence-corrected chi connectivity index (χ3v) is 3.76. The average molecular weight is 201 g/mol. The van der Waals surface area contributed by atoms with Crippen LogP contribution in [0.4, 0.5) is 0 Å². The summed E-state index contributed by atoms with van der Waals surface area (Å²) in [5.74, 6) is 1.20. The summed E-state index contributed by atoms with van der Waals surface area (Å²) in [4.78, 5) is 0. The molecule has 0 spiro atoms. The molecule has 3 heteroatoms. The fraction of sp³-hybridized carbons (Fsp3) is 0.556. The second-order valence-electron chi connectivity index (χ2n) is 2.90. The summed E-state index contributed by atoms with van der Waals surface area (Å²) in [7, 11) is 0. The van der Waals surface area contributed by atoms with E-state index in [9.17, 15) is 0 Å². The van der Waals surface area contributed by atoms with Crippen molar-refractivity contribution >= 4 is 23.1 Å². The molecule has 1 unspecified atom stereocenters. The van der Waals surface area contributed by atoms with Crippen molar-refractivity contribution in [2.24, 2.45) is 5.73 Å². The molecule has 68 valence electrons. The predicted octanol–water partition coefficient (Wildman–Crippen LogP) is 2.97. The second kappa shape index (κ2) is 5.62. The number of rotatable bonds is 5. The zero-order valence-electron chi connectivity index (χ0n) is 7.32. The molecular weight excluding hydrogens is 186 g/mol. The van der Waals surface area contributed by atoms with Gasteiger partial charge in [-0.25, -0.2) is 0 Å². The lowest BCUT2D eigenvalue weighted by atomic mass is 10.2. The van der Waals surface area contributed by atoms with Crippen molar-refractivity contribution in [2.45, 2.75) is 30.0 Å². The molecule has 2 N–H and O–H groups in total. The van der Waals surface area contributed by atoms with Gasteiger partial charge in [0.25, 0.3) is 0 Å². The Balaban J connectivity index is 2.04. The van der Waals surface area contributed by atoms with Gasteiger partial charge in [-0.2, -0.15) is 0 Å². The molecule has 0 radical (unpaired) electrons. The molecule has 1 heterocycles. The van der Waals surface area contributed by atoms with Gasteiger partial charge in [0, 0.05) is 6.04 Å². The quantitative estimate of drug-likeness (QED) is 0.585. The highest BCUT2D eigenvalue weighted by Crippen LogP contribution is 2.24. The minimum Gasteiger partial charge on any atom is -0.328 e. The first-order chi connectivity index (χ1) is 5.79. The van der Waals surface area contributed by atoms with Gasteiger partial charge in [0.05, 0.1) is 4.21 Å². The molecule has 1 rings (SSSR count). The molecule has 1 aromatic rings. The van der Waals surface area contributed by atoms with Gasteiger partial charge in [0.15, 0.2) is 0 Å². The van der Waals surface area contributed by atoms with Gasteiger partial charge < -0.3 is 5.73 Å². The Hall–Kier alpha value is 0.01000. The number of nitrogens with two attached hydrogens (primary N) is 1. The summed E-state index contributed by atoms with van der Waals surface area (Å²) >= 11 is 3.75. The van der Waals surface area contributed by atoms with Gasteiger partial charge in [-0.3, -0.25) is 0 Å². The van der Waals surface area contributed by atoms with E-state index in [0.29, 0.717) is 6.04 Å². The van der Waals surface area contributed by atoms with Crippen LogP contribution in [0.3, 0.4) is 0 Å². The Labute approximate surface area is 82.4 Å². The maximum Gasteiger partial charge on any atom is 0.0598 e. The monoisotopic (exact) mass is 201 g/mol. The molecule has 0 aliphatic rings. The Morgan fingerprint density at radius 3 is 3.08 bits per heavy atom. The van der Waals surface area contributed by atoms with Gasteiger partial charge in [-0.05, 0) is 37.0 Å². The van der Waals surface area contributed by atoms with Crippen LogP contribution in [0.5, 0.6) is 0 Å². The van der Waals surface area contributed by atoms with Gasteiger partial charge >= 0.3 is 0 Å². The highest BCUT2D eigenvalue weighted by atomic mass is 32.2. The fourth-order valence-corrected chi connectivity index (χ4v) is 2.75. The fourth-order valence-electron chi connectivity index (χ4n) is 0.924. The van der Waals surface area contributed by atoms with Crippen LogP contribution in [0.2, 0.25) is 0 Å². The maximum absolute atomic E-state index is 5.65. The first-order valence-corrected chi connectivity index (χ1v) is 6.07. The van der Waals surface area contributed by atoms with Crippen molar-refractivity contribution in [3.8, 4) is 0 Å². The summed E-state index contributed by atoms with van der Waals surface area (Å²) in [6.45, 7) is 2.07. The topological polar surface area (TPSA) is 26.0 Å². The minimum atomic E-state index is 0.355. The van der Waals surface area contributed by atoms with Crippen LogP contribution in [0.15, 0.2) is 21.7 Å². The van der Waals surface area contributed by atoms with E-state index < -0.39 is 0 Å². The second-order valence-corrected chi connectivity index (χ2v) is 5.24. The molecule has 1 aromatic heterocycles. The van der Waals surface area contributed by atoms with Crippen molar-refractivity contribution in [3.05, 3.63) is 17.5 Å². The van der Waals surface area contributed by atoms with Crippen molar-refractivity contribution in [1.82, 2.24) is 0 Å². The lowest BCUT2D eigenvalue weighted by Crippen LogP contribution is -2.14. The summed E-state index contributed by atoms with van der Waals surface area (Å²) < 4.78 is 1.42. The molecule has 0 aliphatic carbocycles. The number of hydrogen-bond acceptors (Lipinski definition) is 3. The molecular formula is C9H15NS2. The van der Waals surface area contributed by atoms with Crippen LogP contribution < -0.4 is 5.73 Å². The molecule has 1 atom stereocenters. The molecule has 0 fully saturated rings. The Morgan fingerprint density at radius 2 is 2.50 bits per heavy atom. The maximum atomic E-state index is 5.65. The van der Waals surface area contributed by atoms with Gasteiger partial charge in [0.2, 0.25) is 0 Å². The van der Waals surface area contributed by atoms with Crippen LogP contribution in [0.1, 0.15) is 19.8 Å². The predicted molar refractivity (Wildman–Crippen MR) is 57.9 cm³/mol. The van der Waals surface area contributed by atoms with E-state index in [4.69, 9.17) is 5.73 Å². The van der Waals surface area contributed by atoms with E-state index >= 15 is 0 Å². The van der Waals surface area contributed by atoms with Crippen molar-refractivity contribution in [3.63, 3.8) is 0 Å². The Kier molecular flexibility index (Phi) is 4.73. The molecule has 0 bridgehead atoms. The van der Waals surface area contributed by atoms with Crippen molar-refractivity contribution in [1.29, 1.82) is 0 Å². The van der Waals surface area contributed by atoms with Crippen LogP contribution in [0, 0.1) is 0 Å². The molecule has 0 aliphatic heterocycles. The number of hydrogen-bond donors (Lipinski definition) is 1. The van der Waals surface area contributed by atoms with Crippen LogP contribution >= 0.6 is 23.1 Å². The van der Waals surface area contributed by atoms with E-state index in [1.165, 1.54) is 16.4 Å². The third kappa shape index (κ3) is 4.14. The van der Waals surface area contributed by atoms with Crippen molar-refractivity contribution < 1.29 is 0 Å². The smallest absolute Gasteiger partial charge is 0.0598 e. The zero-order chi connectivity index (χ0) is 8.81. The van der Waals surface area contributed by atoms with Gasteiger partial charge in [-0.15, -0.1) is 23.1 Å². The zero-order valence-corrected chi connectivity index (χ0v) is 8.96. The summed E-state index contributed by atoms with van der Waals surface area (Å²) in [5.41, 5.74) is 5.65. The highest BCUT2D eigenvalue weighted by Gasteiger charge is 1.96. The Bertz CT molecular complexity index is 194. The van der Waals surface area contributed by atoms with E-state index in [1.54, 1.807) is 0 Å². The number of thioether (sulfide) groups is 1. The third-order valence-electron chi connectivity index (χ3n) is 1.54. The SMILES string of the molecule is CC(N)CCCSc1cccs1. The van der Waals surface area contributed by atoms with Gasteiger partial charge in [-0.1, -0.05) is 6.07 Å². The van der Waals surface area contributed by atoms with Crippen LogP contribution in [-0.2, 0) is 0 Å². The first kappa shape index (κ1) is 10.1. The number of thiophene rings is 1. The van der Waals surface area contributed by atoms with E-state index in [0.717, 1.165) is 6.42 Å². The minimum absolute atomic E-state index is 0.355. The molecule has 0 amide bonds. The lowest BCUT2D eigenvalue weighted by Gasteiger charge is -2.02. The van der Waals surface area contributed by atoms with Crippen LogP contribution in [0.25, 0.3) is 0 Å². The standard InChI is InChI=1S/C9H15NS2/c1-8(10)4-2-6-11-9-5-3-7-12-9/h3,5,7-8H,2,4,6,10H2,1H3. The van der Waals surface area contributed by atoms with Crippen molar-refractivity contribution in [2.75, 3.05) is 5.75 Å². The van der Waals surface area contributed by atoms with Crippen LogP contribution in [-0.4, -0.2) is 11.8 Å². The molecule has 0 aromatic carbocycles. The average Bonchev–Trinajstić information content (AvgIpc) is 2.49. The highest BCUT2D eigenvalue weighted by molar-refractivity contribution is 8.01. The first-order valence-electron chi connectivity index (χ1n) is 4.21. The van der Waals surface area contributed by atoms with Gasteiger partial charge in [0.1, 0.15) is 0 Å². The summed E-state index contributed by atoms with van der Waals surface area (Å²) in [6, 6.07) is 4.62. The summed E-state index contributed by atoms with van der Waals surface area (Å²) in [6.07, 6.45) is 2.36. The molecule has 0 saturated heterocycles. The normalized spacial score (nSPS) is 13.2. The summed E-state index contributed by atoms with van der Waals surface area (Å²) in [5, 5.41) is 2.12. The Morgan fingerprint density at radius 1 is 1.67 bits per heavy atom. The molecule has 0 saturated carbocycles. The molecule has 1 nitrogen and oxygen atoms in total. The van der Waals surface area contributed by atoms with E-state index in [1.807, 2.05) is 23.1 Å². The van der Waals surface area contributed by atoms with E-state index in [-0.39, 0.29) is 0 Å². The largest absolute Gasteiger partial charge is 0.328 e.